The fourth-order valence-electron chi connectivity index (χ4n) is 1.95. The van der Waals surface area contributed by atoms with Gasteiger partial charge in [0.25, 0.3) is 5.91 Å². The van der Waals surface area contributed by atoms with Gasteiger partial charge in [-0.3, -0.25) is 4.79 Å². The molecule has 0 aliphatic carbocycles. The van der Waals surface area contributed by atoms with Crippen molar-refractivity contribution in [1.82, 2.24) is 10.3 Å². The number of hydrogen-bond acceptors (Lipinski definition) is 5. The number of carbonyl (C=O) groups excluding carboxylic acids is 1. The van der Waals surface area contributed by atoms with Crippen LogP contribution >= 0.6 is 11.3 Å². The number of nitrogens with one attached hydrogen (secondary N) is 1. The minimum absolute atomic E-state index is 0.0776. The van der Waals surface area contributed by atoms with Crippen molar-refractivity contribution >= 4 is 17.2 Å². The van der Waals surface area contributed by atoms with Crippen molar-refractivity contribution in [1.29, 1.82) is 0 Å². The summed E-state index contributed by atoms with van der Waals surface area (Å²) in [6, 6.07) is 7.11. The van der Waals surface area contributed by atoms with E-state index in [1.165, 1.54) is 11.3 Å². The van der Waals surface area contributed by atoms with Gasteiger partial charge in [0.1, 0.15) is 10.6 Å². The summed E-state index contributed by atoms with van der Waals surface area (Å²) in [6.45, 7) is 6.32. The number of aromatic nitrogens is 1. The third kappa shape index (κ3) is 4.53. The van der Waals surface area contributed by atoms with E-state index in [1.54, 1.807) is 37.6 Å². The van der Waals surface area contributed by atoms with Crippen molar-refractivity contribution in [2.75, 3.05) is 13.7 Å². The van der Waals surface area contributed by atoms with Gasteiger partial charge < -0.3 is 15.2 Å². The van der Waals surface area contributed by atoms with Gasteiger partial charge in [-0.05, 0) is 17.7 Å². The van der Waals surface area contributed by atoms with Gasteiger partial charge >= 0.3 is 0 Å². The Bertz CT molecular complexity index is 659. The van der Waals surface area contributed by atoms with Crippen LogP contribution in [0.15, 0.2) is 30.5 Å². The number of nitrogens with zero attached hydrogens (tertiary/aromatic N) is 1. The van der Waals surface area contributed by atoms with E-state index < -0.39 is 6.10 Å². The second kappa shape index (κ2) is 7.10. The molecule has 1 unspecified atom stereocenters. The van der Waals surface area contributed by atoms with E-state index in [4.69, 9.17) is 4.74 Å². The van der Waals surface area contributed by atoms with Crippen LogP contribution in [0.25, 0.3) is 0 Å². The molecule has 0 saturated heterocycles. The predicted molar refractivity (Wildman–Crippen MR) is 91.1 cm³/mol. The molecule has 2 N–H and O–H groups in total. The topological polar surface area (TPSA) is 71.5 Å². The lowest BCUT2D eigenvalue weighted by Gasteiger charge is -2.13. The molecular weight excluding hydrogens is 312 g/mol. The highest BCUT2D eigenvalue weighted by molar-refractivity contribution is 7.13. The van der Waals surface area contributed by atoms with Crippen LogP contribution in [0.2, 0.25) is 0 Å². The molecule has 5 nitrogen and oxygen atoms in total. The van der Waals surface area contributed by atoms with E-state index >= 15 is 0 Å². The first-order valence-corrected chi connectivity index (χ1v) is 8.19. The molecule has 1 aromatic heterocycles. The number of methoxy groups -OCH3 is 1. The Balaban J connectivity index is 1.94. The molecule has 6 heteroatoms. The normalized spacial score (nSPS) is 12.7. The summed E-state index contributed by atoms with van der Waals surface area (Å²) in [5.41, 5.74) is 0.650. The number of amides is 1. The van der Waals surface area contributed by atoms with Crippen LogP contribution in [-0.2, 0) is 5.41 Å². The highest BCUT2D eigenvalue weighted by Crippen LogP contribution is 2.26. The Hall–Kier alpha value is -1.92. The van der Waals surface area contributed by atoms with E-state index in [9.17, 15) is 9.90 Å². The molecule has 23 heavy (non-hydrogen) atoms. The zero-order valence-corrected chi connectivity index (χ0v) is 14.6. The lowest BCUT2D eigenvalue weighted by Crippen LogP contribution is -2.27. The molecule has 0 spiro atoms. The maximum Gasteiger partial charge on any atom is 0.263 e. The van der Waals surface area contributed by atoms with E-state index in [1.807, 2.05) is 0 Å². The number of hydrogen-bond donors (Lipinski definition) is 2. The van der Waals surface area contributed by atoms with Gasteiger partial charge in [0.15, 0.2) is 0 Å². The van der Waals surface area contributed by atoms with Crippen LogP contribution in [0, 0.1) is 0 Å². The average Bonchev–Trinajstić information content (AvgIpc) is 3.02. The van der Waals surface area contributed by atoms with Crippen LogP contribution < -0.4 is 10.1 Å². The van der Waals surface area contributed by atoms with E-state index in [-0.39, 0.29) is 17.9 Å². The maximum atomic E-state index is 12.1. The summed E-state index contributed by atoms with van der Waals surface area (Å²) in [5.74, 6) is 0.509. The van der Waals surface area contributed by atoms with Gasteiger partial charge in [-0.15, -0.1) is 11.3 Å². The number of carbonyl (C=O) groups is 1. The number of thiazole rings is 1. The second-order valence-electron chi connectivity index (χ2n) is 6.28. The van der Waals surface area contributed by atoms with Crippen LogP contribution in [0.4, 0.5) is 0 Å². The fourth-order valence-corrected chi connectivity index (χ4v) is 2.84. The minimum atomic E-state index is -0.764. The number of rotatable bonds is 5. The Morgan fingerprint density at radius 1 is 1.35 bits per heavy atom. The maximum absolute atomic E-state index is 12.1. The van der Waals surface area contributed by atoms with Crippen molar-refractivity contribution in [2.24, 2.45) is 0 Å². The number of benzene rings is 1. The van der Waals surface area contributed by atoms with Crippen LogP contribution in [0.5, 0.6) is 5.75 Å². The Morgan fingerprint density at radius 3 is 2.52 bits per heavy atom. The first kappa shape index (κ1) is 17.4. The summed E-state index contributed by atoms with van der Waals surface area (Å²) in [5, 5.41) is 13.8. The molecule has 1 aromatic carbocycles. The van der Waals surface area contributed by atoms with E-state index in [2.05, 4.69) is 31.1 Å². The molecule has 2 rings (SSSR count). The number of aliphatic hydroxyl groups is 1. The Labute approximate surface area is 140 Å². The van der Waals surface area contributed by atoms with Crippen LogP contribution in [0.1, 0.15) is 47.1 Å². The van der Waals surface area contributed by atoms with Gasteiger partial charge in [-0.25, -0.2) is 4.98 Å². The predicted octanol–water partition coefficient (Wildman–Crippen LogP) is 2.91. The van der Waals surface area contributed by atoms with Crippen molar-refractivity contribution in [2.45, 2.75) is 32.3 Å². The molecule has 1 atom stereocenters. The van der Waals surface area contributed by atoms with Crippen molar-refractivity contribution < 1.29 is 14.6 Å². The van der Waals surface area contributed by atoms with E-state index in [0.29, 0.717) is 4.88 Å². The fraction of sp³-hybridized carbons (Fsp3) is 0.412. The standard InChI is InChI=1S/C17H22N2O3S/c1-17(2,3)16-19-10-14(23-16)15(21)18-9-13(20)11-5-7-12(22-4)8-6-11/h5-8,10,13,20H,9H2,1-4H3,(H,18,21). The Kier molecular flexibility index (Phi) is 5.38. The molecule has 0 radical (unpaired) electrons. The molecule has 0 aliphatic rings. The molecular formula is C17H22N2O3S. The first-order valence-electron chi connectivity index (χ1n) is 7.38. The molecule has 1 amide bonds. The zero-order chi connectivity index (χ0) is 17.0. The summed E-state index contributed by atoms with van der Waals surface area (Å²) >= 11 is 1.38. The van der Waals surface area contributed by atoms with Crippen LogP contribution in [0.3, 0.4) is 0 Å². The summed E-state index contributed by atoms with van der Waals surface area (Å²) < 4.78 is 5.08. The molecule has 1 heterocycles. The SMILES string of the molecule is COc1ccc(C(O)CNC(=O)c2cnc(C(C)(C)C)s2)cc1. The van der Waals surface area contributed by atoms with Crippen molar-refractivity contribution in [3.8, 4) is 5.75 Å². The van der Waals surface area contributed by atoms with Gasteiger partial charge in [0, 0.05) is 12.0 Å². The Morgan fingerprint density at radius 2 is 2.00 bits per heavy atom. The summed E-state index contributed by atoms with van der Waals surface area (Å²) in [7, 11) is 1.59. The minimum Gasteiger partial charge on any atom is -0.497 e. The van der Waals surface area contributed by atoms with Gasteiger partial charge in [-0.2, -0.15) is 0 Å². The van der Waals surface area contributed by atoms with Gasteiger partial charge in [0.05, 0.1) is 24.4 Å². The zero-order valence-electron chi connectivity index (χ0n) is 13.8. The number of aliphatic hydroxyl groups excluding tert-OH is 1. The third-order valence-corrected chi connectivity index (χ3v) is 4.75. The lowest BCUT2D eigenvalue weighted by molar-refractivity contribution is 0.0920. The highest BCUT2D eigenvalue weighted by Gasteiger charge is 2.20. The number of ether oxygens (including phenoxy) is 1. The third-order valence-electron chi connectivity index (χ3n) is 3.33. The van der Waals surface area contributed by atoms with Crippen molar-refractivity contribution in [3.05, 3.63) is 45.9 Å². The molecule has 0 bridgehead atoms. The monoisotopic (exact) mass is 334 g/mol. The van der Waals surface area contributed by atoms with Gasteiger partial charge in [-0.1, -0.05) is 32.9 Å². The molecule has 2 aromatic rings. The first-order chi connectivity index (χ1) is 10.8. The highest BCUT2D eigenvalue weighted by atomic mass is 32.1. The molecule has 0 aliphatic heterocycles. The van der Waals surface area contributed by atoms with E-state index in [0.717, 1.165) is 16.3 Å². The average molecular weight is 334 g/mol. The smallest absolute Gasteiger partial charge is 0.263 e. The van der Waals surface area contributed by atoms with Gasteiger partial charge in [0.2, 0.25) is 0 Å². The summed E-state index contributed by atoms with van der Waals surface area (Å²) in [6.07, 6.45) is 0.820. The summed E-state index contributed by atoms with van der Waals surface area (Å²) in [4.78, 5) is 17.0. The van der Waals surface area contributed by atoms with Crippen LogP contribution in [-0.4, -0.2) is 29.7 Å². The molecule has 124 valence electrons. The quantitative estimate of drug-likeness (QED) is 0.882. The largest absolute Gasteiger partial charge is 0.497 e. The lowest BCUT2D eigenvalue weighted by atomic mass is 9.98. The second-order valence-corrected chi connectivity index (χ2v) is 7.31. The molecule has 0 saturated carbocycles. The van der Waals surface area contributed by atoms with Crippen molar-refractivity contribution in [3.63, 3.8) is 0 Å². The molecule has 0 fully saturated rings.